The maximum Gasteiger partial charge on any atom is 0.387 e. The number of hydrogen-bond donors (Lipinski definition) is 2. The van der Waals surface area contributed by atoms with E-state index in [2.05, 4.69) is 34.1 Å². The van der Waals surface area contributed by atoms with Crippen molar-refractivity contribution in [1.29, 1.82) is 0 Å². The Balaban J connectivity index is 2.06. The number of hydrogen-bond acceptors (Lipinski definition) is 3. The number of halogens is 2. The highest BCUT2D eigenvalue weighted by atomic mass is 19.3. The molecule has 0 amide bonds. The molecule has 0 saturated heterocycles. The summed E-state index contributed by atoms with van der Waals surface area (Å²) in [6.07, 6.45) is 1.77. The van der Waals surface area contributed by atoms with E-state index in [1.165, 1.54) is 12.1 Å². The summed E-state index contributed by atoms with van der Waals surface area (Å²) in [7, 11) is 0. The summed E-state index contributed by atoms with van der Waals surface area (Å²) in [6.45, 7) is 3.11. The van der Waals surface area contributed by atoms with Crippen LogP contribution in [0, 0.1) is 5.92 Å². The molecular weight excluding hydrogens is 276 g/mol. The number of nitrogens with zero attached hydrogens (tertiary/aromatic N) is 1. The molecule has 0 unspecified atom stereocenters. The van der Waals surface area contributed by atoms with Gasteiger partial charge in [-0.05, 0) is 36.7 Å². The van der Waals surface area contributed by atoms with Gasteiger partial charge in [-0.25, -0.2) is 0 Å². The van der Waals surface area contributed by atoms with Crippen LogP contribution in [-0.4, -0.2) is 23.4 Å². The average Bonchev–Trinajstić information content (AvgIpc) is 2.87. The van der Waals surface area contributed by atoms with Gasteiger partial charge in [0.25, 0.3) is 0 Å². The Bertz CT molecular complexity index is 552. The minimum Gasteiger partial charge on any atom is -0.435 e. The lowest BCUT2D eigenvalue weighted by Gasteiger charge is -2.08. The summed E-state index contributed by atoms with van der Waals surface area (Å²) < 4.78 is 28.6. The van der Waals surface area contributed by atoms with E-state index in [1.807, 2.05) is 0 Å². The molecule has 0 bridgehead atoms. The molecule has 2 N–H and O–H groups in total. The number of ether oxygens (including phenoxy) is 1. The summed E-state index contributed by atoms with van der Waals surface area (Å²) in [6, 6.07) is 6.51. The molecule has 21 heavy (non-hydrogen) atoms. The molecule has 0 fully saturated rings. The molecule has 1 aromatic heterocycles. The Morgan fingerprint density at radius 3 is 2.57 bits per heavy atom. The first-order chi connectivity index (χ1) is 10.1. The molecule has 2 rings (SSSR count). The van der Waals surface area contributed by atoms with Crippen LogP contribution < -0.4 is 10.1 Å². The largest absolute Gasteiger partial charge is 0.435 e. The van der Waals surface area contributed by atoms with Gasteiger partial charge in [0.15, 0.2) is 0 Å². The van der Waals surface area contributed by atoms with Crippen LogP contribution in [0.1, 0.15) is 19.4 Å². The van der Waals surface area contributed by atoms with Crippen LogP contribution >= 0.6 is 0 Å². The molecule has 0 saturated carbocycles. The van der Waals surface area contributed by atoms with Crippen LogP contribution in [0.4, 0.5) is 8.78 Å². The zero-order valence-electron chi connectivity index (χ0n) is 12.1. The van der Waals surface area contributed by atoms with Crippen molar-refractivity contribution in [3.63, 3.8) is 0 Å². The molecule has 0 aliphatic heterocycles. The van der Waals surface area contributed by atoms with Crippen molar-refractivity contribution in [3.8, 4) is 17.0 Å². The van der Waals surface area contributed by atoms with E-state index in [9.17, 15) is 8.78 Å². The summed E-state index contributed by atoms with van der Waals surface area (Å²) in [5.74, 6) is 0.721. The number of aromatic nitrogens is 2. The van der Waals surface area contributed by atoms with E-state index in [1.54, 1.807) is 18.3 Å². The van der Waals surface area contributed by atoms with Crippen molar-refractivity contribution < 1.29 is 13.5 Å². The molecule has 0 spiro atoms. The van der Waals surface area contributed by atoms with Crippen molar-refractivity contribution in [2.45, 2.75) is 27.0 Å². The molecule has 2 aromatic rings. The molecule has 0 radical (unpaired) electrons. The lowest BCUT2D eigenvalue weighted by atomic mass is 10.1. The molecule has 1 heterocycles. The highest BCUT2D eigenvalue weighted by molar-refractivity contribution is 5.63. The van der Waals surface area contributed by atoms with E-state index in [0.717, 1.165) is 23.4 Å². The first kappa shape index (κ1) is 15.4. The zero-order chi connectivity index (χ0) is 15.2. The molecule has 4 nitrogen and oxygen atoms in total. The third-order valence-electron chi connectivity index (χ3n) is 2.95. The van der Waals surface area contributed by atoms with Crippen molar-refractivity contribution in [1.82, 2.24) is 15.5 Å². The monoisotopic (exact) mass is 295 g/mol. The van der Waals surface area contributed by atoms with E-state index in [-0.39, 0.29) is 5.75 Å². The maximum atomic E-state index is 12.1. The SMILES string of the molecule is CC(C)CNCc1cn[nH]c1-c1ccc(OC(F)F)cc1. The Morgan fingerprint density at radius 1 is 1.24 bits per heavy atom. The smallest absolute Gasteiger partial charge is 0.387 e. The van der Waals surface area contributed by atoms with Crippen LogP contribution in [0.3, 0.4) is 0 Å². The number of aromatic amines is 1. The Labute approximate surface area is 122 Å². The van der Waals surface area contributed by atoms with E-state index < -0.39 is 6.61 Å². The third kappa shape index (κ3) is 4.53. The van der Waals surface area contributed by atoms with Crippen LogP contribution in [0.15, 0.2) is 30.5 Å². The van der Waals surface area contributed by atoms with Gasteiger partial charge in [0, 0.05) is 17.7 Å². The second kappa shape index (κ2) is 7.17. The Kier molecular flexibility index (Phi) is 5.27. The fourth-order valence-corrected chi connectivity index (χ4v) is 1.99. The quantitative estimate of drug-likeness (QED) is 0.823. The van der Waals surface area contributed by atoms with E-state index in [4.69, 9.17) is 0 Å². The Hall–Kier alpha value is -1.95. The van der Waals surface area contributed by atoms with Crippen molar-refractivity contribution >= 4 is 0 Å². The van der Waals surface area contributed by atoms with Gasteiger partial charge in [-0.2, -0.15) is 13.9 Å². The van der Waals surface area contributed by atoms with Crippen molar-refractivity contribution in [2.75, 3.05) is 6.54 Å². The first-order valence-electron chi connectivity index (χ1n) is 6.84. The number of rotatable bonds is 7. The van der Waals surface area contributed by atoms with Gasteiger partial charge in [0.2, 0.25) is 0 Å². The van der Waals surface area contributed by atoms with Gasteiger partial charge in [-0.15, -0.1) is 0 Å². The average molecular weight is 295 g/mol. The van der Waals surface area contributed by atoms with Crippen LogP contribution in [0.2, 0.25) is 0 Å². The molecule has 114 valence electrons. The van der Waals surface area contributed by atoms with Crippen molar-refractivity contribution in [2.24, 2.45) is 5.92 Å². The molecule has 0 atom stereocenters. The molecular formula is C15H19F2N3O. The minimum atomic E-state index is -2.81. The Morgan fingerprint density at radius 2 is 1.95 bits per heavy atom. The normalized spacial score (nSPS) is 11.3. The topological polar surface area (TPSA) is 49.9 Å². The number of H-pyrrole nitrogens is 1. The fourth-order valence-electron chi connectivity index (χ4n) is 1.99. The van der Waals surface area contributed by atoms with Gasteiger partial charge in [0.1, 0.15) is 5.75 Å². The van der Waals surface area contributed by atoms with Gasteiger partial charge in [-0.3, -0.25) is 5.10 Å². The van der Waals surface area contributed by atoms with Crippen LogP contribution in [0.25, 0.3) is 11.3 Å². The minimum absolute atomic E-state index is 0.146. The maximum absolute atomic E-state index is 12.1. The standard InChI is InChI=1S/C15H19F2N3O/c1-10(2)7-18-8-12-9-19-20-14(12)11-3-5-13(6-4-11)21-15(16)17/h3-6,9-10,15,18H,7-8H2,1-2H3,(H,19,20). The molecule has 0 aliphatic rings. The molecule has 6 heteroatoms. The zero-order valence-corrected chi connectivity index (χ0v) is 12.1. The highest BCUT2D eigenvalue weighted by Crippen LogP contribution is 2.24. The lowest BCUT2D eigenvalue weighted by molar-refractivity contribution is -0.0498. The second-order valence-corrected chi connectivity index (χ2v) is 5.20. The van der Waals surface area contributed by atoms with Gasteiger partial charge in [0.05, 0.1) is 11.9 Å². The number of nitrogens with one attached hydrogen (secondary N) is 2. The summed E-state index contributed by atoms with van der Waals surface area (Å²) in [4.78, 5) is 0. The van der Waals surface area contributed by atoms with Gasteiger partial charge >= 0.3 is 6.61 Å². The highest BCUT2D eigenvalue weighted by Gasteiger charge is 2.09. The van der Waals surface area contributed by atoms with Gasteiger partial charge in [-0.1, -0.05) is 13.8 Å². The third-order valence-corrected chi connectivity index (χ3v) is 2.95. The summed E-state index contributed by atoms with van der Waals surface area (Å²) >= 11 is 0. The van der Waals surface area contributed by atoms with E-state index in [0.29, 0.717) is 12.5 Å². The van der Waals surface area contributed by atoms with E-state index >= 15 is 0 Å². The van der Waals surface area contributed by atoms with Crippen LogP contribution in [-0.2, 0) is 6.54 Å². The second-order valence-electron chi connectivity index (χ2n) is 5.20. The summed E-state index contributed by atoms with van der Waals surface area (Å²) in [5, 5.41) is 10.3. The predicted molar refractivity (Wildman–Crippen MR) is 77.2 cm³/mol. The van der Waals surface area contributed by atoms with Crippen molar-refractivity contribution in [3.05, 3.63) is 36.0 Å². The van der Waals surface area contributed by atoms with Gasteiger partial charge < -0.3 is 10.1 Å². The first-order valence-corrected chi connectivity index (χ1v) is 6.84. The fraction of sp³-hybridized carbons (Fsp3) is 0.400. The van der Waals surface area contributed by atoms with Crippen LogP contribution in [0.5, 0.6) is 5.75 Å². The number of benzene rings is 1. The lowest BCUT2D eigenvalue weighted by Crippen LogP contribution is -2.19. The molecule has 1 aromatic carbocycles. The predicted octanol–water partition coefficient (Wildman–Crippen LogP) is 3.42. The molecule has 0 aliphatic carbocycles. The number of alkyl halides is 2. The summed E-state index contributed by atoms with van der Waals surface area (Å²) in [5.41, 5.74) is 2.81.